The molecule has 4 aromatic heterocycles. The van der Waals surface area contributed by atoms with Crippen LogP contribution in [0.2, 0.25) is 0 Å². The summed E-state index contributed by atoms with van der Waals surface area (Å²) in [5, 5.41) is 49.2. The number of nitrogens with zero attached hydrogens (tertiary/aromatic N) is 10. The molecule has 2 aromatic carbocycles. The number of likely N-dealkylation sites (N-methyl/N-ethyl adjacent to an activating group) is 2. The van der Waals surface area contributed by atoms with Gasteiger partial charge < -0.3 is 30.5 Å². The van der Waals surface area contributed by atoms with Crippen LogP contribution in [0.4, 0.5) is 0 Å². The number of rotatable bonds is 6. The SMILES string of the molecule is C.CN1CC[C@@](O)(C#Cc2cc(CC#N)cc(-n3nc(C(N)=O)c4cccnc43)c2)C1=O.COC(=O)c1nn(-c2cc(C#C[C@]3(O)CCN(C)C3=O)cc(CC#N)c2)c2ncccc12. The summed E-state index contributed by atoms with van der Waals surface area (Å²) in [6, 6.07) is 21.3. The highest BCUT2D eigenvalue weighted by Gasteiger charge is 2.43. The fourth-order valence-corrected chi connectivity index (χ4v) is 7.11. The van der Waals surface area contributed by atoms with Gasteiger partial charge in [0.1, 0.15) is 0 Å². The molecule has 8 rings (SSSR count). The Hall–Kier alpha value is -8.42. The minimum absolute atomic E-state index is 0. The minimum Gasteiger partial charge on any atom is -0.464 e. The van der Waals surface area contributed by atoms with Crippen LogP contribution in [0.5, 0.6) is 0 Å². The second-order valence-corrected chi connectivity index (χ2v) is 14.7. The summed E-state index contributed by atoms with van der Waals surface area (Å²) in [6.07, 6.45) is 3.82. The maximum Gasteiger partial charge on any atom is 0.359 e. The number of aliphatic hydroxyl groups is 2. The van der Waals surface area contributed by atoms with Crippen molar-refractivity contribution in [3.8, 4) is 47.2 Å². The van der Waals surface area contributed by atoms with E-state index in [4.69, 9.17) is 15.7 Å². The number of nitrogens with two attached hydrogens (primary N) is 1. The van der Waals surface area contributed by atoms with Crippen molar-refractivity contribution in [1.82, 2.24) is 39.3 Å². The lowest BCUT2D eigenvalue weighted by Crippen LogP contribution is -2.37. The van der Waals surface area contributed by atoms with E-state index in [1.165, 1.54) is 26.3 Å². The summed E-state index contributed by atoms with van der Waals surface area (Å²) in [5.41, 5.74) is 6.39. The van der Waals surface area contributed by atoms with E-state index >= 15 is 0 Å². The van der Waals surface area contributed by atoms with E-state index in [1.807, 2.05) is 0 Å². The van der Waals surface area contributed by atoms with Crippen LogP contribution in [0.1, 0.15) is 63.5 Å². The van der Waals surface area contributed by atoms with Crippen molar-refractivity contribution in [3.63, 3.8) is 0 Å². The average molecular weight is 860 g/mol. The van der Waals surface area contributed by atoms with Gasteiger partial charge >= 0.3 is 5.97 Å². The first-order valence-electron chi connectivity index (χ1n) is 19.3. The molecule has 0 aliphatic carbocycles. The number of carbonyl (C=O) groups excluding carboxylic acids is 4. The molecule has 18 nitrogen and oxygen atoms in total. The number of methoxy groups -OCH3 is 1. The van der Waals surface area contributed by atoms with Crippen LogP contribution in [0.15, 0.2) is 73.1 Å². The molecule has 64 heavy (non-hydrogen) atoms. The maximum atomic E-state index is 12.2. The Bertz CT molecular complexity index is 3080. The van der Waals surface area contributed by atoms with Crippen molar-refractivity contribution in [3.05, 3.63) is 107 Å². The highest BCUT2D eigenvalue weighted by Crippen LogP contribution is 2.26. The minimum atomic E-state index is -1.74. The van der Waals surface area contributed by atoms with Gasteiger partial charge in [-0.2, -0.15) is 20.7 Å². The molecule has 2 saturated heterocycles. The summed E-state index contributed by atoms with van der Waals surface area (Å²) in [7, 11) is 4.50. The van der Waals surface area contributed by atoms with Gasteiger partial charge in [0, 0.05) is 63.5 Å². The number of hydrogen-bond donors (Lipinski definition) is 3. The molecule has 2 atom stereocenters. The molecular weight excluding hydrogens is 819 g/mol. The van der Waals surface area contributed by atoms with Crippen molar-refractivity contribution in [1.29, 1.82) is 10.5 Å². The molecule has 0 saturated carbocycles. The number of pyridine rings is 2. The molecule has 18 heteroatoms. The molecule has 6 heterocycles. The van der Waals surface area contributed by atoms with E-state index in [1.54, 1.807) is 87.2 Å². The van der Waals surface area contributed by atoms with E-state index < -0.39 is 34.9 Å². The summed E-state index contributed by atoms with van der Waals surface area (Å²) in [4.78, 5) is 59.9. The number of amides is 3. The van der Waals surface area contributed by atoms with Gasteiger partial charge in [0.05, 0.1) is 54.2 Å². The van der Waals surface area contributed by atoms with Gasteiger partial charge in [-0.15, -0.1) is 0 Å². The molecular formula is C46H41N11O7. The highest BCUT2D eigenvalue weighted by molar-refractivity contribution is 6.03. The number of carbonyl (C=O) groups is 4. The fourth-order valence-electron chi connectivity index (χ4n) is 7.11. The van der Waals surface area contributed by atoms with Gasteiger partial charge in [-0.3, -0.25) is 14.4 Å². The highest BCUT2D eigenvalue weighted by atomic mass is 16.5. The number of nitriles is 2. The molecule has 2 aliphatic heterocycles. The molecule has 3 amide bonds. The molecule has 0 bridgehead atoms. The third-order valence-electron chi connectivity index (χ3n) is 10.4. The van der Waals surface area contributed by atoms with E-state index in [9.17, 15) is 34.7 Å². The number of likely N-dealkylation sites (tertiary alicyclic amines) is 2. The molecule has 2 aliphatic rings. The molecule has 4 N–H and O–H groups in total. The first-order chi connectivity index (χ1) is 30.2. The number of fused-ring (bicyclic) bond motifs is 2. The number of ether oxygens (including phenoxy) is 1. The molecule has 2 fully saturated rings. The lowest BCUT2D eigenvalue weighted by atomic mass is 10.0. The summed E-state index contributed by atoms with van der Waals surface area (Å²) in [6.45, 7) is 0.843. The van der Waals surface area contributed by atoms with Gasteiger partial charge in [0.15, 0.2) is 22.7 Å². The topological polar surface area (TPSA) is 259 Å². The maximum absolute atomic E-state index is 12.2. The van der Waals surface area contributed by atoms with Crippen LogP contribution in [-0.2, 0) is 27.2 Å². The Morgan fingerprint density at radius 1 is 0.750 bits per heavy atom. The number of benzene rings is 2. The second kappa shape index (κ2) is 18.3. The van der Waals surface area contributed by atoms with Crippen LogP contribution in [0, 0.1) is 46.3 Å². The van der Waals surface area contributed by atoms with Gasteiger partial charge in [-0.1, -0.05) is 31.1 Å². The Labute approximate surface area is 367 Å². The van der Waals surface area contributed by atoms with Gasteiger partial charge in [0.2, 0.25) is 11.2 Å². The normalized spacial score (nSPS) is 17.5. The Kier molecular flexibility index (Phi) is 12.9. The monoisotopic (exact) mass is 859 g/mol. The predicted molar refractivity (Wildman–Crippen MR) is 231 cm³/mol. The van der Waals surface area contributed by atoms with Crippen molar-refractivity contribution < 1.29 is 34.1 Å². The van der Waals surface area contributed by atoms with Crippen molar-refractivity contribution in [2.45, 2.75) is 44.3 Å². The van der Waals surface area contributed by atoms with E-state index in [0.29, 0.717) is 68.8 Å². The summed E-state index contributed by atoms with van der Waals surface area (Å²) < 4.78 is 7.78. The quantitative estimate of drug-likeness (QED) is 0.161. The molecule has 322 valence electrons. The van der Waals surface area contributed by atoms with E-state index in [-0.39, 0.29) is 44.5 Å². The lowest BCUT2D eigenvalue weighted by molar-refractivity contribution is -0.138. The first kappa shape index (κ1) is 45.1. The Morgan fingerprint density at radius 3 is 1.58 bits per heavy atom. The smallest absolute Gasteiger partial charge is 0.359 e. The first-order valence-corrected chi connectivity index (χ1v) is 19.3. The zero-order valence-electron chi connectivity index (χ0n) is 34.2. The zero-order chi connectivity index (χ0) is 45.1. The van der Waals surface area contributed by atoms with Gasteiger partial charge in [-0.05, 0) is 71.8 Å². The molecule has 0 radical (unpaired) electrons. The fraction of sp³-hybridized carbons (Fsp3) is 0.261. The van der Waals surface area contributed by atoms with E-state index in [2.05, 4.69) is 56.0 Å². The largest absolute Gasteiger partial charge is 0.464 e. The summed E-state index contributed by atoms with van der Waals surface area (Å²) in [5.74, 6) is 8.92. The predicted octanol–water partition coefficient (Wildman–Crippen LogP) is 2.38. The lowest BCUT2D eigenvalue weighted by Gasteiger charge is -2.13. The van der Waals surface area contributed by atoms with Crippen LogP contribution in [0.3, 0.4) is 0 Å². The van der Waals surface area contributed by atoms with Gasteiger partial charge in [0.25, 0.3) is 17.7 Å². The second-order valence-electron chi connectivity index (χ2n) is 14.7. The Balaban J connectivity index is 0.000000209. The number of esters is 1. The van der Waals surface area contributed by atoms with Crippen LogP contribution < -0.4 is 5.73 Å². The third kappa shape index (κ3) is 8.82. The number of hydrogen-bond acceptors (Lipinski definition) is 13. The van der Waals surface area contributed by atoms with Gasteiger partial charge in [-0.25, -0.2) is 24.1 Å². The average Bonchev–Trinajstić information content (AvgIpc) is 4.01. The number of aromatic nitrogens is 6. The Morgan fingerprint density at radius 2 is 1.19 bits per heavy atom. The van der Waals surface area contributed by atoms with Crippen molar-refractivity contribution >= 4 is 45.8 Å². The standard InChI is InChI=1S/C23H19N5O4.C22H18N6O3.CH4/c1-27-11-8-23(31,22(27)30)7-5-15-12-16(6-9-24)14-17(13-15)28-20-18(4-3-10-25-20)19(26-28)21(29)32-2;1-27-10-7-22(31,21(27)30)6-4-14-11-15(5-8-23)13-16(12-14)28-20-17(3-2-9-25-20)18(26-28)19(24)29;/h3-4,10,12-14,31H,6,8,11H2,1-2H3;2-3,9,11-13,31H,5,7,10H2,1H3,(H2,24,29);1H4/t23-;22-;/m00./s1. The number of primary amides is 1. The molecule has 6 aromatic rings. The molecule has 0 unspecified atom stereocenters. The van der Waals surface area contributed by atoms with Crippen LogP contribution in [-0.4, -0.2) is 119 Å². The third-order valence-corrected chi connectivity index (χ3v) is 10.4. The van der Waals surface area contributed by atoms with E-state index in [0.717, 1.165) is 0 Å². The molecule has 0 spiro atoms. The zero-order valence-corrected chi connectivity index (χ0v) is 34.2. The van der Waals surface area contributed by atoms with Crippen LogP contribution in [0.25, 0.3) is 33.4 Å². The summed E-state index contributed by atoms with van der Waals surface area (Å²) >= 11 is 0. The van der Waals surface area contributed by atoms with Crippen molar-refractivity contribution in [2.75, 3.05) is 34.3 Å². The van der Waals surface area contributed by atoms with Crippen LogP contribution >= 0.6 is 0 Å². The van der Waals surface area contributed by atoms with Crippen molar-refractivity contribution in [2.24, 2.45) is 5.73 Å².